The van der Waals surface area contributed by atoms with E-state index in [0.717, 1.165) is 62.3 Å². The number of rotatable bonds is 23. The van der Waals surface area contributed by atoms with Gasteiger partial charge in [-0.25, -0.2) is 9.67 Å². The molecule has 0 aliphatic carbocycles. The van der Waals surface area contributed by atoms with Gasteiger partial charge in [-0.15, -0.1) is 5.10 Å². The van der Waals surface area contributed by atoms with E-state index >= 15 is 0 Å². The number of ether oxygens (including phenoxy) is 2. The molecule has 5 rings (SSSR count). The molecule has 2 amide bonds. The third-order valence-corrected chi connectivity index (χ3v) is 9.83. The summed E-state index contributed by atoms with van der Waals surface area (Å²) in [5.74, 6) is -0.835. The average Bonchev–Trinajstić information content (AvgIpc) is 3.81. The third kappa shape index (κ3) is 12.7. The van der Waals surface area contributed by atoms with Crippen LogP contribution in [-0.4, -0.2) is 121 Å². The summed E-state index contributed by atoms with van der Waals surface area (Å²) in [6.45, 7) is 13.5. The van der Waals surface area contributed by atoms with Crippen LogP contribution in [0.2, 0.25) is 0 Å². The average molecular weight is 776 g/mol. The standard InChI is InChI=1S/C39H57N11O6/c1-4-5-6-11-41-37-36-33(43-39(40)44-37)9-12-49(36)26-31-8-7-30(22-28(31)2)25-47-13-15-48(16-14-47)34(51)10-18-55-20-21-56-19-17-50-27-32(45-46-50)24-42-38(54)29(3)23-35(52)53/h7-9,12,22,27,29H,4-6,10-11,13-21,23-26H2,1-3H3,(H,42,54)(H,52,53)(H3,40,41,43,44). The SMILES string of the molecule is CCCCCNc1nc(N)nc2ccn(Cc3ccc(CN4CCN(C(=O)CCOCCOCCn5cc(CNC(=O)C(C)CC(=O)O)nn5)CC4)cc3C)c12. The first kappa shape index (κ1) is 42.0. The molecule has 3 aromatic heterocycles. The van der Waals surface area contributed by atoms with E-state index in [1.165, 1.54) is 16.7 Å². The number of carbonyl (C=O) groups excluding carboxylic acids is 2. The maximum atomic E-state index is 12.8. The fourth-order valence-electron chi connectivity index (χ4n) is 6.63. The molecule has 0 bridgehead atoms. The summed E-state index contributed by atoms with van der Waals surface area (Å²) in [6, 6.07) is 8.67. The van der Waals surface area contributed by atoms with Gasteiger partial charge in [0.1, 0.15) is 11.2 Å². The van der Waals surface area contributed by atoms with Crippen LogP contribution in [0.4, 0.5) is 11.8 Å². The molecule has 17 nitrogen and oxygen atoms in total. The molecule has 4 aromatic rings. The smallest absolute Gasteiger partial charge is 0.304 e. The van der Waals surface area contributed by atoms with Gasteiger partial charge in [-0.1, -0.05) is 50.1 Å². The predicted molar refractivity (Wildman–Crippen MR) is 212 cm³/mol. The van der Waals surface area contributed by atoms with Crippen LogP contribution in [0.5, 0.6) is 0 Å². The van der Waals surface area contributed by atoms with Crippen molar-refractivity contribution in [2.24, 2.45) is 5.92 Å². The highest BCUT2D eigenvalue weighted by molar-refractivity contribution is 5.87. The Bertz CT molecular complexity index is 1890. The number of carboxylic acid groups (broad SMARTS) is 1. The lowest BCUT2D eigenvalue weighted by Crippen LogP contribution is -2.48. The van der Waals surface area contributed by atoms with Crippen LogP contribution in [-0.2, 0) is 50.0 Å². The van der Waals surface area contributed by atoms with Crippen LogP contribution in [0.3, 0.4) is 0 Å². The molecule has 1 atom stereocenters. The molecule has 1 aliphatic heterocycles. The number of nitrogens with two attached hydrogens (primary N) is 1. The highest BCUT2D eigenvalue weighted by Crippen LogP contribution is 2.25. The molecule has 0 saturated carbocycles. The minimum Gasteiger partial charge on any atom is -0.481 e. The van der Waals surface area contributed by atoms with Crippen molar-refractivity contribution >= 4 is 40.6 Å². The number of anilines is 2. The number of aliphatic carboxylic acids is 1. The number of amides is 2. The molecule has 1 saturated heterocycles. The first-order chi connectivity index (χ1) is 27.1. The maximum Gasteiger partial charge on any atom is 0.304 e. The monoisotopic (exact) mass is 775 g/mol. The third-order valence-electron chi connectivity index (χ3n) is 9.83. The molecule has 0 spiro atoms. The summed E-state index contributed by atoms with van der Waals surface area (Å²) in [7, 11) is 0. The summed E-state index contributed by atoms with van der Waals surface area (Å²) in [6.07, 6.45) is 7.26. The molecule has 1 unspecified atom stereocenters. The number of carboxylic acids is 1. The fraction of sp³-hybridized carbons (Fsp3) is 0.564. The number of nitrogens with one attached hydrogen (secondary N) is 2. The Labute approximate surface area is 327 Å². The van der Waals surface area contributed by atoms with E-state index in [2.05, 4.69) is 78.6 Å². The quantitative estimate of drug-likeness (QED) is 0.0801. The Morgan fingerprint density at radius 1 is 1.00 bits per heavy atom. The van der Waals surface area contributed by atoms with Gasteiger partial charge in [0, 0.05) is 57.9 Å². The molecule has 1 aliphatic rings. The molecule has 5 N–H and O–H groups in total. The van der Waals surface area contributed by atoms with Crippen molar-refractivity contribution in [2.75, 3.05) is 70.2 Å². The summed E-state index contributed by atoms with van der Waals surface area (Å²) in [4.78, 5) is 48.9. The number of hydrogen-bond acceptors (Lipinski definition) is 12. The number of unbranched alkanes of at least 4 members (excludes halogenated alkanes) is 2. The van der Waals surface area contributed by atoms with Gasteiger partial charge in [-0.2, -0.15) is 4.98 Å². The highest BCUT2D eigenvalue weighted by Gasteiger charge is 2.21. The Kier molecular flexibility index (Phi) is 15.9. The summed E-state index contributed by atoms with van der Waals surface area (Å²) >= 11 is 0. The largest absolute Gasteiger partial charge is 0.481 e. The van der Waals surface area contributed by atoms with E-state index in [1.54, 1.807) is 17.8 Å². The van der Waals surface area contributed by atoms with E-state index in [1.807, 2.05) is 11.0 Å². The molecular weight excluding hydrogens is 718 g/mol. The lowest BCUT2D eigenvalue weighted by Gasteiger charge is -2.35. The van der Waals surface area contributed by atoms with Crippen LogP contribution in [0, 0.1) is 12.8 Å². The van der Waals surface area contributed by atoms with E-state index in [4.69, 9.17) is 20.3 Å². The first-order valence-corrected chi connectivity index (χ1v) is 19.6. The summed E-state index contributed by atoms with van der Waals surface area (Å²) in [5, 5.41) is 23.0. The number of aryl methyl sites for hydroxylation is 1. The number of aromatic nitrogens is 6. The Morgan fingerprint density at radius 3 is 2.54 bits per heavy atom. The zero-order valence-corrected chi connectivity index (χ0v) is 32.9. The molecule has 4 heterocycles. The van der Waals surface area contributed by atoms with Crippen LogP contribution in [0.1, 0.15) is 68.3 Å². The van der Waals surface area contributed by atoms with Crippen LogP contribution < -0.4 is 16.4 Å². The number of benzene rings is 1. The number of nitrogens with zero attached hydrogens (tertiary/aromatic N) is 8. The van der Waals surface area contributed by atoms with Gasteiger partial charge in [0.2, 0.25) is 17.8 Å². The number of carbonyl (C=O) groups is 3. The maximum absolute atomic E-state index is 12.8. The van der Waals surface area contributed by atoms with Crippen LogP contribution in [0.25, 0.3) is 11.0 Å². The lowest BCUT2D eigenvalue weighted by atomic mass is 10.0. The first-order valence-electron chi connectivity index (χ1n) is 19.6. The zero-order chi connectivity index (χ0) is 39.9. The van der Waals surface area contributed by atoms with E-state index in [9.17, 15) is 14.4 Å². The lowest BCUT2D eigenvalue weighted by molar-refractivity contribution is -0.140. The Balaban J connectivity index is 0.945. The number of piperazine rings is 1. The number of fused-ring (bicyclic) bond motifs is 1. The van der Waals surface area contributed by atoms with Gasteiger partial charge in [0.05, 0.1) is 64.1 Å². The van der Waals surface area contributed by atoms with Crippen molar-refractivity contribution in [1.29, 1.82) is 0 Å². The minimum absolute atomic E-state index is 0.102. The molecule has 1 fully saturated rings. The predicted octanol–water partition coefficient (Wildman–Crippen LogP) is 3.06. The van der Waals surface area contributed by atoms with Crippen molar-refractivity contribution in [1.82, 2.24) is 44.6 Å². The van der Waals surface area contributed by atoms with Crippen molar-refractivity contribution in [2.45, 2.75) is 79.1 Å². The second kappa shape index (κ2) is 21.2. The van der Waals surface area contributed by atoms with Crippen LogP contribution >= 0.6 is 0 Å². The van der Waals surface area contributed by atoms with Gasteiger partial charge >= 0.3 is 5.97 Å². The zero-order valence-electron chi connectivity index (χ0n) is 32.9. The molecule has 17 heteroatoms. The van der Waals surface area contributed by atoms with E-state index in [0.29, 0.717) is 64.7 Å². The van der Waals surface area contributed by atoms with Gasteiger partial charge in [0.15, 0.2) is 5.82 Å². The molecule has 56 heavy (non-hydrogen) atoms. The van der Waals surface area contributed by atoms with Gasteiger partial charge in [0.25, 0.3) is 0 Å². The molecule has 0 radical (unpaired) electrons. The van der Waals surface area contributed by atoms with Gasteiger partial charge in [-0.3, -0.25) is 19.3 Å². The minimum atomic E-state index is -1.02. The summed E-state index contributed by atoms with van der Waals surface area (Å²) < 4.78 is 15.1. The van der Waals surface area contributed by atoms with Crippen molar-refractivity contribution < 1.29 is 29.0 Å². The molecule has 304 valence electrons. The van der Waals surface area contributed by atoms with Crippen molar-refractivity contribution in [3.05, 3.63) is 59.0 Å². The number of nitrogen functional groups attached to an aromatic ring is 1. The Hall–Kier alpha value is -5.13. The van der Waals surface area contributed by atoms with E-state index in [-0.39, 0.29) is 30.7 Å². The van der Waals surface area contributed by atoms with Gasteiger partial charge in [-0.05, 0) is 36.1 Å². The highest BCUT2D eigenvalue weighted by atomic mass is 16.5. The topological polar surface area (TPSA) is 208 Å². The van der Waals surface area contributed by atoms with Crippen molar-refractivity contribution in [3.8, 4) is 0 Å². The number of hydrogen-bond donors (Lipinski definition) is 4. The Morgan fingerprint density at radius 2 is 1.79 bits per heavy atom. The molecule has 1 aromatic carbocycles. The van der Waals surface area contributed by atoms with Gasteiger partial charge < -0.3 is 40.4 Å². The van der Waals surface area contributed by atoms with Crippen molar-refractivity contribution in [3.63, 3.8) is 0 Å². The fourth-order valence-corrected chi connectivity index (χ4v) is 6.63. The second-order valence-electron chi connectivity index (χ2n) is 14.3. The molecular formula is C39H57N11O6. The second-order valence-corrected chi connectivity index (χ2v) is 14.3. The van der Waals surface area contributed by atoms with Crippen LogP contribution in [0.15, 0.2) is 36.7 Å². The normalized spacial score (nSPS) is 13.9. The van der Waals surface area contributed by atoms with E-state index < -0.39 is 11.9 Å². The summed E-state index contributed by atoms with van der Waals surface area (Å²) in [5.41, 5.74) is 12.1.